The molecule has 0 aliphatic carbocycles. The summed E-state index contributed by atoms with van der Waals surface area (Å²) >= 11 is 5.32. The van der Waals surface area contributed by atoms with Crippen molar-refractivity contribution in [2.75, 3.05) is 12.0 Å². The standard InChI is InChI=1S/C9H11N5O2S.C4H3ClN2/c1-17(15,16)6-3-8-12-7-14(13-8)9-10-4-2-5-11-9;5-4-6-2-1-3-7-4/h2,4-5,7H,3,6H2,1H3;1-3H. The molecule has 0 bridgehead atoms. The number of hydrogen-bond donors (Lipinski definition) is 0. The maximum atomic E-state index is 11.0. The van der Waals surface area contributed by atoms with Crippen LogP contribution in [0.4, 0.5) is 0 Å². The smallest absolute Gasteiger partial charge is 0.229 e. The second-order valence-electron chi connectivity index (χ2n) is 4.55. The summed E-state index contributed by atoms with van der Waals surface area (Å²) in [7, 11) is -3.00. The third-order valence-corrected chi connectivity index (χ3v) is 3.67. The number of aryl methyl sites for hydroxylation is 1. The molecule has 9 nitrogen and oxygen atoms in total. The van der Waals surface area contributed by atoms with Crippen molar-refractivity contribution >= 4 is 21.4 Å². The molecule has 24 heavy (non-hydrogen) atoms. The van der Waals surface area contributed by atoms with Gasteiger partial charge in [0.15, 0.2) is 5.82 Å². The highest BCUT2D eigenvalue weighted by atomic mass is 35.5. The topological polar surface area (TPSA) is 116 Å². The summed E-state index contributed by atoms with van der Waals surface area (Å²) in [5, 5.41) is 4.39. The van der Waals surface area contributed by atoms with Gasteiger partial charge in [0.2, 0.25) is 5.28 Å². The number of hydrogen-bond acceptors (Lipinski definition) is 8. The van der Waals surface area contributed by atoms with E-state index in [0.29, 0.717) is 23.5 Å². The Kier molecular flexibility index (Phi) is 6.27. The largest absolute Gasteiger partial charge is 0.251 e. The molecule has 0 aromatic carbocycles. The minimum Gasteiger partial charge on any atom is -0.229 e. The number of sulfone groups is 1. The molecule has 0 unspecified atom stereocenters. The normalized spacial score (nSPS) is 10.8. The predicted octanol–water partition coefficient (Wildman–Crippen LogP) is 0.774. The molecule has 3 aromatic heterocycles. The Morgan fingerprint density at radius 1 is 1.00 bits per heavy atom. The van der Waals surface area contributed by atoms with Gasteiger partial charge in [0.1, 0.15) is 16.2 Å². The fourth-order valence-corrected chi connectivity index (χ4v) is 2.14. The molecule has 0 saturated heterocycles. The average molecular weight is 368 g/mol. The van der Waals surface area contributed by atoms with Gasteiger partial charge in [0.25, 0.3) is 5.95 Å². The highest BCUT2D eigenvalue weighted by molar-refractivity contribution is 7.90. The second kappa shape index (κ2) is 8.41. The van der Waals surface area contributed by atoms with Gasteiger partial charge in [-0.25, -0.2) is 33.3 Å². The van der Waals surface area contributed by atoms with Gasteiger partial charge in [-0.2, -0.15) is 4.68 Å². The van der Waals surface area contributed by atoms with E-state index in [-0.39, 0.29) is 5.75 Å². The predicted molar refractivity (Wildman–Crippen MR) is 87.4 cm³/mol. The molecule has 0 saturated carbocycles. The molecule has 0 amide bonds. The fraction of sp³-hybridized carbons (Fsp3) is 0.231. The van der Waals surface area contributed by atoms with Crippen LogP contribution in [-0.4, -0.2) is 55.1 Å². The first-order chi connectivity index (χ1) is 11.4. The van der Waals surface area contributed by atoms with Crippen molar-refractivity contribution in [3.8, 4) is 5.95 Å². The van der Waals surface area contributed by atoms with E-state index in [0.717, 1.165) is 0 Å². The van der Waals surface area contributed by atoms with Crippen molar-refractivity contribution in [3.05, 3.63) is 54.4 Å². The van der Waals surface area contributed by atoms with Gasteiger partial charge in [-0.1, -0.05) is 0 Å². The Bertz CT molecular complexity index is 856. The van der Waals surface area contributed by atoms with Gasteiger partial charge in [0, 0.05) is 37.5 Å². The van der Waals surface area contributed by atoms with E-state index in [2.05, 4.69) is 30.0 Å². The maximum Gasteiger partial charge on any atom is 0.251 e. The van der Waals surface area contributed by atoms with Crippen LogP contribution in [0, 0.1) is 0 Å². The maximum absolute atomic E-state index is 11.0. The summed E-state index contributed by atoms with van der Waals surface area (Å²) in [6, 6.07) is 3.41. The van der Waals surface area contributed by atoms with Crippen molar-refractivity contribution in [2.45, 2.75) is 6.42 Å². The van der Waals surface area contributed by atoms with Crippen molar-refractivity contribution in [1.29, 1.82) is 0 Å². The lowest BCUT2D eigenvalue weighted by Crippen LogP contribution is -2.07. The molecular weight excluding hydrogens is 354 g/mol. The third-order valence-electron chi connectivity index (χ3n) is 2.53. The van der Waals surface area contributed by atoms with Crippen molar-refractivity contribution in [1.82, 2.24) is 34.7 Å². The number of rotatable bonds is 4. The molecule has 11 heteroatoms. The van der Waals surface area contributed by atoms with E-state index in [1.165, 1.54) is 17.3 Å². The Morgan fingerprint density at radius 3 is 2.08 bits per heavy atom. The summed E-state index contributed by atoms with van der Waals surface area (Å²) in [4.78, 5) is 19.3. The van der Waals surface area contributed by atoms with Crippen LogP contribution in [0.2, 0.25) is 5.28 Å². The first kappa shape index (κ1) is 17.9. The first-order valence-corrected chi connectivity index (χ1v) is 9.16. The average Bonchev–Trinajstić information content (AvgIpc) is 3.04. The molecule has 126 valence electrons. The molecular formula is C13H14ClN7O2S. The summed E-state index contributed by atoms with van der Waals surface area (Å²) in [6.07, 6.45) is 9.32. The van der Waals surface area contributed by atoms with Gasteiger partial charge in [0.05, 0.1) is 5.75 Å². The minimum absolute atomic E-state index is 0.0344. The van der Waals surface area contributed by atoms with E-state index in [9.17, 15) is 8.42 Å². The van der Waals surface area contributed by atoms with Crippen LogP contribution in [0.25, 0.3) is 5.95 Å². The van der Waals surface area contributed by atoms with Crippen LogP contribution in [0.15, 0.2) is 43.2 Å². The fourth-order valence-electron chi connectivity index (χ4n) is 1.48. The molecule has 0 fully saturated rings. The molecule has 3 aromatic rings. The Labute approximate surface area is 143 Å². The molecule has 0 aliphatic heterocycles. The number of aromatic nitrogens is 7. The molecule has 0 radical (unpaired) electrons. The molecule has 0 spiro atoms. The quantitative estimate of drug-likeness (QED) is 0.621. The lowest BCUT2D eigenvalue weighted by Gasteiger charge is -1.96. The number of halogens is 1. The van der Waals surface area contributed by atoms with Crippen LogP contribution >= 0.6 is 11.6 Å². The Balaban J connectivity index is 0.000000249. The summed E-state index contributed by atoms with van der Waals surface area (Å²) in [5.74, 6) is 0.903. The van der Waals surface area contributed by atoms with Crippen LogP contribution < -0.4 is 0 Å². The second-order valence-corrected chi connectivity index (χ2v) is 7.15. The molecule has 0 aliphatic rings. The highest BCUT2D eigenvalue weighted by Crippen LogP contribution is 1.99. The van der Waals surface area contributed by atoms with Crippen molar-refractivity contribution in [2.24, 2.45) is 0 Å². The van der Waals surface area contributed by atoms with Crippen LogP contribution in [-0.2, 0) is 16.3 Å². The number of nitrogens with zero attached hydrogens (tertiary/aromatic N) is 7. The third kappa shape index (κ3) is 6.34. The molecule has 3 heterocycles. The van der Waals surface area contributed by atoms with Crippen molar-refractivity contribution in [3.63, 3.8) is 0 Å². The lowest BCUT2D eigenvalue weighted by molar-refractivity contribution is 0.600. The summed E-state index contributed by atoms with van der Waals surface area (Å²) < 4.78 is 23.4. The zero-order valence-corrected chi connectivity index (χ0v) is 14.3. The molecule has 0 atom stereocenters. The van der Waals surface area contributed by atoms with Gasteiger partial charge in [-0.3, -0.25) is 0 Å². The van der Waals surface area contributed by atoms with Gasteiger partial charge in [-0.05, 0) is 23.7 Å². The first-order valence-electron chi connectivity index (χ1n) is 6.72. The molecule has 3 rings (SSSR count). The van der Waals surface area contributed by atoms with E-state index in [1.807, 2.05) is 0 Å². The van der Waals surface area contributed by atoms with E-state index in [4.69, 9.17) is 11.6 Å². The van der Waals surface area contributed by atoms with E-state index < -0.39 is 9.84 Å². The zero-order valence-electron chi connectivity index (χ0n) is 12.7. The van der Waals surface area contributed by atoms with Gasteiger partial charge < -0.3 is 0 Å². The summed E-state index contributed by atoms with van der Waals surface area (Å²) in [5.41, 5.74) is 0. The lowest BCUT2D eigenvalue weighted by atomic mass is 10.5. The van der Waals surface area contributed by atoms with Crippen LogP contribution in [0.3, 0.4) is 0 Å². The SMILES string of the molecule is CS(=O)(=O)CCc1ncn(-c2ncccn2)n1.Clc1ncccn1. The minimum atomic E-state index is -3.00. The van der Waals surface area contributed by atoms with Gasteiger partial charge >= 0.3 is 0 Å². The highest BCUT2D eigenvalue weighted by Gasteiger charge is 2.08. The monoisotopic (exact) mass is 367 g/mol. The molecule has 0 N–H and O–H groups in total. The van der Waals surface area contributed by atoms with Gasteiger partial charge in [-0.15, -0.1) is 5.10 Å². The van der Waals surface area contributed by atoms with Crippen LogP contribution in [0.1, 0.15) is 5.82 Å². The van der Waals surface area contributed by atoms with E-state index >= 15 is 0 Å². The van der Waals surface area contributed by atoms with E-state index in [1.54, 1.807) is 36.9 Å². The Hall–Kier alpha value is -2.46. The summed E-state index contributed by atoms with van der Waals surface area (Å²) in [6.45, 7) is 0. The zero-order chi connectivity index (χ0) is 17.4. The van der Waals surface area contributed by atoms with Crippen molar-refractivity contribution < 1.29 is 8.42 Å². The Morgan fingerprint density at radius 2 is 1.58 bits per heavy atom. The van der Waals surface area contributed by atoms with Crippen LogP contribution in [0.5, 0.6) is 0 Å².